The van der Waals surface area contributed by atoms with Crippen molar-refractivity contribution in [3.63, 3.8) is 0 Å². The number of anilines is 1. The molecule has 1 saturated heterocycles. The van der Waals surface area contributed by atoms with Gasteiger partial charge >= 0.3 is 0 Å². The highest BCUT2D eigenvalue weighted by molar-refractivity contribution is 5.55. The molecule has 106 valence electrons. The van der Waals surface area contributed by atoms with Gasteiger partial charge in [-0.3, -0.25) is 4.90 Å². The summed E-state index contributed by atoms with van der Waals surface area (Å²) in [4.78, 5) is 4.95. The number of hydrogen-bond acceptors (Lipinski definition) is 3. The molecule has 2 atom stereocenters. The lowest BCUT2D eigenvalue weighted by molar-refractivity contribution is 0.201. The average Bonchev–Trinajstić information content (AvgIpc) is 2.54. The van der Waals surface area contributed by atoms with Gasteiger partial charge in [-0.15, -0.1) is 0 Å². The second kappa shape index (κ2) is 5.93. The lowest BCUT2D eigenvalue weighted by Gasteiger charge is -2.31. The summed E-state index contributed by atoms with van der Waals surface area (Å²) in [7, 11) is 2.20. The van der Waals surface area contributed by atoms with E-state index in [1.165, 1.54) is 23.2 Å². The Bertz CT molecular complexity index is 430. The molecule has 0 bridgehead atoms. The maximum absolute atomic E-state index is 5.97. The van der Waals surface area contributed by atoms with E-state index >= 15 is 0 Å². The lowest BCUT2D eigenvalue weighted by Crippen LogP contribution is -2.46. The van der Waals surface area contributed by atoms with Crippen LogP contribution in [-0.2, 0) is 0 Å². The van der Waals surface area contributed by atoms with Gasteiger partial charge in [0.2, 0.25) is 0 Å². The Balaban J connectivity index is 2.26. The molecule has 1 heterocycles. The van der Waals surface area contributed by atoms with Gasteiger partial charge in [0.05, 0.1) is 0 Å². The van der Waals surface area contributed by atoms with Gasteiger partial charge in [-0.1, -0.05) is 12.1 Å². The van der Waals surface area contributed by atoms with Crippen molar-refractivity contribution in [2.24, 2.45) is 5.73 Å². The third-order valence-electron chi connectivity index (χ3n) is 4.50. The molecule has 1 aliphatic rings. The van der Waals surface area contributed by atoms with Crippen molar-refractivity contribution < 1.29 is 0 Å². The van der Waals surface area contributed by atoms with Crippen molar-refractivity contribution in [2.45, 2.75) is 39.3 Å². The number of aryl methyl sites for hydroxylation is 2. The monoisotopic (exact) mass is 261 g/mol. The molecule has 0 saturated carbocycles. The normalized spacial score (nSPS) is 25.4. The minimum absolute atomic E-state index is 0.442. The molecule has 0 aliphatic carbocycles. The molecule has 2 N–H and O–H groups in total. The van der Waals surface area contributed by atoms with Gasteiger partial charge in [0.25, 0.3) is 0 Å². The van der Waals surface area contributed by atoms with Crippen LogP contribution >= 0.6 is 0 Å². The fourth-order valence-corrected chi connectivity index (χ4v) is 2.90. The third kappa shape index (κ3) is 3.10. The van der Waals surface area contributed by atoms with E-state index < -0.39 is 0 Å². The van der Waals surface area contributed by atoms with Crippen molar-refractivity contribution >= 4 is 5.69 Å². The molecule has 19 heavy (non-hydrogen) atoms. The molecule has 3 heteroatoms. The third-order valence-corrected chi connectivity index (χ3v) is 4.50. The Morgan fingerprint density at radius 1 is 1.32 bits per heavy atom. The highest BCUT2D eigenvalue weighted by Gasteiger charge is 2.26. The number of hydrogen-bond donors (Lipinski definition) is 1. The molecule has 1 aromatic rings. The van der Waals surface area contributed by atoms with E-state index in [0.717, 1.165) is 19.6 Å². The zero-order chi connectivity index (χ0) is 14.0. The summed E-state index contributed by atoms with van der Waals surface area (Å²) in [6.07, 6.45) is 1.19. The maximum atomic E-state index is 5.97. The van der Waals surface area contributed by atoms with Crippen LogP contribution in [0.25, 0.3) is 0 Å². The number of likely N-dealkylation sites (N-methyl/N-ethyl adjacent to an activating group) is 1. The van der Waals surface area contributed by atoms with Gasteiger partial charge in [0.15, 0.2) is 0 Å². The topological polar surface area (TPSA) is 32.5 Å². The molecule has 1 fully saturated rings. The van der Waals surface area contributed by atoms with E-state index in [-0.39, 0.29) is 0 Å². The van der Waals surface area contributed by atoms with Crippen LogP contribution in [-0.4, -0.2) is 43.7 Å². The van der Waals surface area contributed by atoms with Gasteiger partial charge in [0.1, 0.15) is 0 Å². The van der Waals surface area contributed by atoms with Crippen LogP contribution < -0.4 is 10.6 Å². The predicted octanol–water partition coefficient (Wildman–Crippen LogP) is 2.16. The number of nitrogens with zero attached hydrogens (tertiary/aromatic N) is 2. The quantitative estimate of drug-likeness (QED) is 0.885. The highest BCUT2D eigenvalue weighted by Crippen LogP contribution is 2.25. The Hall–Kier alpha value is -1.06. The van der Waals surface area contributed by atoms with Crippen LogP contribution in [0, 0.1) is 13.8 Å². The van der Waals surface area contributed by atoms with Crippen LogP contribution in [0.5, 0.6) is 0 Å². The number of nitrogens with two attached hydrogens (primary N) is 1. The van der Waals surface area contributed by atoms with Gasteiger partial charge in [-0.2, -0.15) is 0 Å². The minimum atomic E-state index is 0.442. The Labute approximate surface area is 117 Å². The zero-order valence-corrected chi connectivity index (χ0v) is 12.7. The molecule has 2 rings (SSSR count). The fourth-order valence-electron chi connectivity index (χ4n) is 2.90. The molecule has 0 amide bonds. The number of benzene rings is 1. The fraction of sp³-hybridized carbons (Fsp3) is 0.625. The summed E-state index contributed by atoms with van der Waals surface area (Å²) < 4.78 is 0. The van der Waals surface area contributed by atoms with Crippen molar-refractivity contribution in [2.75, 3.05) is 31.6 Å². The van der Waals surface area contributed by atoms with Gasteiger partial charge in [-0.05, 0) is 51.4 Å². The molecule has 1 aliphatic heterocycles. The molecule has 1 aromatic carbocycles. The zero-order valence-electron chi connectivity index (χ0n) is 12.7. The summed E-state index contributed by atoms with van der Waals surface area (Å²) in [5.41, 5.74) is 10.0. The number of rotatable bonds is 2. The Morgan fingerprint density at radius 2 is 2.05 bits per heavy atom. The summed E-state index contributed by atoms with van der Waals surface area (Å²) >= 11 is 0. The lowest BCUT2D eigenvalue weighted by atomic mass is 10.1. The standard InChI is InChI=1S/C16H27N3/c1-12-5-6-13(2)16(9-12)19-8-7-14(3)18(4)15(10-17)11-19/h5-6,9,14-15H,7-8,10-11,17H2,1-4H3. The van der Waals surface area contributed by atoms with E-state index in [2.05, 4.69) is 55.8 Å². The molecule has 0 spiro atoms. The summed E-state index contributed by atoms with van der Waals surface area (Å²) in [6, 6.07) is 7.76. The first kappa shape index (κ1) is 14.4. The van der Waals surface area contributed by atoms with E-state index in [1.807, 2.05) is 0 Å². The molecular formula is C16H27N3. The Morgan fingerprint density at radius 3 is 2.74 bits per heavy atom. The molecule has 0 radical (unpaired) electrons. The van der Waals surface area contributed by atoms with E-state index in [4.69, 9.17) is 5.73 Å². The molecule has 3 nitrogen and oxygen atoms in total. The summed E-state index contributed by atoms with van der Waals surface area (Å²) in [5, 5.41) is 0. The van der Waals surface area contributed by atoms with Crippen LogP contribution in [0.1, 0.15) is 24.5 Å². The van der Waals surface area contributed by atoms with E-state index in [0.29, 0.717) is 12.1 Å². The predicted molar refractivity (Wildman–Crippen MR) is 82.8 cm³/mol. The van der Waals surface area contributed by atoms with E-state index in [9.17, 15) is 0 Å². The Kier molecular flexibility index (Phi) is 4.48. The minimum Gasteiger partial charge on any atom is -0.370 e. The smallest absolute Gasteiger partial charge is 0.0399 e. The van der Waals surface area contributed by atoms with Crippen molar-refractivity contribution in [1.82, 2.24) is 4.90 Å². The van der Waals surface area contributed by atoms with Crippen molar-refractivity contribution in [1.29, 1.82) is 0 Å². The molecular weight excluding hydrogens is 234 g/mol. The molecule has 2 unspecified atom stereocenters. The SMILES string of the molecule is Cc1ccc(C)c(N2CCC(C)N(C)C(CN)C2)c1. The largest absolute Gasteiger partial charge is 0.370 e. The maximum Gasteiger partial charge on any atom is 0.0399 e. The van der Waals surface area contributed by atoms with Crippen LogP contribution in [0.15, 0.2) is 18.2 Å². The van der Waals surface area contributed by atoms with Gasteiger partial charge in [-0.25, -0.2) is 0 Å². The summed E-state index contributed by atoms with van der Waals surface area (Å²) in [6.45, 7) is 9.53. The first-order valence-corrected chi connectivity index (χ1v) is 7.27. The average molecular weight is 261 g/mol. The second-order valence-corrected chi connectivity index (χ2v) is 5.93. The van der Waals surface area contributed by atoms with Gasteiger partial charge < -0.3 is 10.6 Å². The van der Waals surface area contributed by atoms with Crippen molar-refractivity contribution in [3.8, 4) is 0 Å². The van der Waals surface area contributed by atoms with Crippen LogP contribution in [0.3, 0.4) is 0 Å². The summed E-state index contributed by atoms with van der Waals surface area (Å²) in [5.74, 6) is 0. The first-order chi connectivity index (χ1) is 9.02. The first-order valence-electron chi connectivity index (χ1n) is 7.27. The molecule has 0 aromatic heterocycles. The second-order valence-electron chi connectivity index (χ2n) is 5.93. The van der Waals surface area contributed by atoms with Crippen LogP contribution in [0.4, 0.5) is 5.69 Å². The van der Waals surface area contributed by atoms with E-state index in [1.54, 1.807) is 0 Å². The highest BCUT2D eigenvalue weighted by atomic mass is 15.3. The van der Waals surface area contributed by atoms with Crippen LogP contribution in [0.2, 0.25) is 0 Å². The van der Waals surface area contributed by atoms with Gasteiger partial charge in [0, 0.05) is 37.4 Å². The van der Waals surface area contributed by atoms with Crippen molar-refractivity contribution in [3.05, 3.63) is 29.3 Å².